The molecular weight excluding hydrogens is 252 g/mol. The zero-order chi connectivity index (χ0) is 14.9. The molecule has 2 amide bonds. The Bertz CT molecular complexity index is 382. The van der Waals surface area contributed by atoms with E-state index in [0.29, 0.717) is 0 Å². The summed E-state index contributed by atoms with van der Waals surface area (Å²) in [5.74, 6) is 0.229. The van der Waals surface area contributed by atoms with Gasteiger partial charge in [0.25, 0.3) is 0 Å². The van der Waals surface area contributed by atoms with Gasteiger partial charge < -0.3 is 10.2 Å². The fourth-order valence-corrected chi connectivity index (χ4v) is 3.52. The van der Waals surface area contributed by atoms with Gasteiger partial charge in [-0.05, 0) is 32.6 Å². The summed E-state index contributed by atoms with van der Waals surface area (Å²) in [5, 5.41) is 2.91. The van der Waals surface area contributed by atoms with Crippen LogP contribution in [0.4, 0.5) is 0 Å². The fourth-order valence-electron chi connectivity index (χ4n) is 3.52. The molecule has 0 bridgehead atoms. The average Bonchev–Trinajstić information content (AvgIpc) is 2.62. The molecule has 0 aromatic rings. The first-order valence-electron chi connectivity index (χ1n) is 8.00. The molecule has 0 spiro atoms. The normalized spacial score (nSPS) is 28.4. The molecule has 1 saturated heterocycles. The lowest BCUT2D eigenvalue weighted by Gasteiger charge is -2.49. The molecule has 0 aromatic heterocycles. The fraction of sp³-hybridized carbons (Fsp3) is 0.875. The largest absolute Gasteiger partial charge is 0.342 e. The molecule has 1 atom stereocenters. The molecule has 1 heterocycles. The molecule has 20 heavy (non-hydrogen) atoms. The number of hydrogen-bond donors (Lipinski definition) is 1. The van der Waals surface area contributed by atoms with Crippen LogP contribution in [0.1, 0.15) is 66.2 Å². The van der Waals surface area contributed by atoms with Gasteiger partial charge in [0.15, 0.2) is 0 Å². The lowest BCUT2D eigenvalue weighted by Crippen LogP contribution is -2.71. The Labute approximate surface area is 122 Å². The molecule has 2 aliphatic rings. The van der Waals surface area contributed by atoms with Crippen LogP contribution < -0.4 is 5.32 Å². The number of amides is 2. The van der Waals surface area contributed by atoms with Crippen LogP contribution in [0.15, 0.2) is 0 Å². The molecule has 2 rings (SSSR count). The second-order valence-corrected chi connectivity index (χ2v) is 7.11. The number of piperazine rings is 1. The number of carbonyl (C=O) groups excluding carboxylic acids is 2. The second-order valence-electron chi connectivity index (χ2n) is 7.11. The molecule has 0 aromatic carbocycles. The van der Waals surface area contributed by atoms with Gasteiger partial charge in [0, 0.05) is 6.04 Å². The van der Waals surface area contributed by atoms with Gasteiger partial charge >= 0.3 is 0 Å². The maximum atomic E-state index is 12.9. The third-order valence-electron chi connectivity index (χ3n) is 4.80. The van der Waals surface area contributed by atoms with Crippen molar-refractivity contribution in [3.8, 4) is 0 Å². The topological polar surface area (TPSA) is 49.4 Å². The zero-order valence-corrected chi connectivity index (χ0v) is 13.2. The number of carbonyl (C=O) groups is 2. The molecule has 4 heteroatoms. The Morgan fingerprint density at radius 1 is 1.10 bits per heavy atom. The number of hydrogen-bond acceptors (Lipinski definition) is 2. The summed E-state index contributed by atoms with van der Waals surface area (Å²) in [6, 6.07) is -0.133. The molecule has 1 saturated carbocycles. The maximum absolute atomic E-state index is 12.9. The highest BCUT2D eigenvalue weighted by Crippen LogP contribution is 2.31. The highest BCUT2D eigenvalue weighted by atomic mass is 16.2. The van der Waals surface area contributed by atoms with E-state index in [1.165, 1.54) is 25.7 Å². The van der Waals surface area contributed by atoms with E-state index in [2.05, 4.69) is 5.32 Å². The van der Waals surface area contributed by atoms with Crippen molar-refractivity contribution >= 4 is 11.8 Å². The summed E-state index contributed by atoms with van der Waals surface area (Å²) in [5.41, 5.74) is -0.725. The first kappa shape index (κ1) is 15.3. The summed E-state index contributed by atoms with van der Waals surface area (Å²) >= 11 is 0. The summed E-state index contributed by atoms with van der Waals surface area (Å²) in [6.07, 6.45) is 6.90. The third-order valence-corrected chi connectivity index (χ3v) is 4.80. The highest BCUT2D eigenvalue weighted by Gasteiger charge is 2.49. The molecular formula is C16H28N2O2. The molecule has 1 aliphatic carbocycles. The smallest absolute Gasteiger partial charge is 0.246 e. The molecule has 2 fully saturated rings. The third kappa shape index (κ3) is 2.70. The van der Waals surface area contributed by atoms with Crippen molar-refractivity contribution < 1.29 is 9.59 Å². The van der Waals surface area contributed by atoms with Crippen molar-refractivity contribution in [1.29, 1.82) is 0 Å². The second kappa shape index (κ2) is 5.74. The van der Waals surface area contributed by atoms with Crippen LogP contribution in [0, 0.1) is 5.92 Å². The SMILES string of the molecule is CC(C)C1NC(=O)C(C)(C)N(C2CCCCCC2)C1=O. The summed E-state index contributed by atoms with van der Waals surface area (Å²) < 4.78 is 0. The van der Waals surface area contributed by atoms with Crippen LogP contribution in [0.5, 0.6) is 0 Å². The Morgan fingerprint density at radius 3 is 2.15 bits per heavy atom. The molecule has 4 nitrogen and oxygen atoms in total. The molecule has 0 radical (unpaired) electrons. The lowest BCUT2D eigenvalue weighted by molar-refractivity contribution is -0.160. The van der Waals surface area contributed by atoms with Crippen molar-refractivity contribution in [3.63, 3.8) is 0 Å². The van der Waals surface area contributed by atoms with Crippen LogP contribution in [0.25, 0.3) is 0 Å². The van der Waals surface area contributed by atoms with Crippen molar-refractivity contribution in [2.75, 3.05) is 0 Å². The zero-order valence-electron chi connectivity index (χ0n) is 13.2. The Kier molecular flexibility index (Phi) is 4.40. The van der Waals surface area contributed by atoms with Crippen LogP contribution in [-0.2, 0) is 9.59 Å². The van der Waals surface area contributed by atoms with E-state index in [1.54, 1.807) is 0 Å². The highest BCUT2D eigenvalue weighted by molar-refractivity contribution is 5.99. The number of nitrogens with zero attached hydrogens (tertiary/aromatic N) is 1. The Balaban J connectivity index is 2.28. The molecule has 1 N–H and O–H groups in total. The number of rotatable bonds is 2. The summed E-state index contributed by atoms with van der Waals surface area (Å²) in [6.45, 7) is 7.74. The van der Waals surface area contributed by atoms with E-state index in [9.17, 15) is 9.59 Å². The van der Waals surface area contributed by atoms with Gasteiger partial charge in [-0.15, -0.1) is 0 Å². The molecule has 1 unspecified atom stereocenters. The van der Waals surface area contributed by atoms with Crippen LogP contribution in [0.3, 0.4) is 0 Å². The van der Waals surface area contributed by atoms with Crippen LogP contribution in [0.2, 0.25) is 0 Å². The van der Waals surface area contributed by atoms with Crippen molar-refractivity contribution in [2.45, 2.75) is 83.8 Å². The van der Waals surface area contributed by atoms with Gasteiger partial charge in [-0.25, -0.2) is 0 Å². The average molecular weight is 280 g/mol. The minimum absolute atomic E-state index is 0.0138. The van der Waals surface area contributed by atoms with Crippen molar-refractivity contribution in [1.82, 2.24) is 10.2 Å². The maximum Gasteiger partial charge on any atom is 0.246 e. The number of nitrogens with one attached hydrogen (secondary N) is 1. The summed E-state index contributed by atoms with van der Waals surface area (Å²) in [4.78, 5) is 27.2. The van der Waals surface area contributed by atoms with E-state index in [-0.39, 0.29) is 29.8 Å². The van der Waals surface area contributed by atoms with Gasteiger partial charge in [-0.1, -0.05) is 39.5 Å². The van der Waals surface area contributed by atoms with Crippen LogP contribution >= 0.6 is 0 Å². The van der Waals surface area contributed by atoms with Crippen molar-refractivity contribution in [2.24, 2.45) is 5.92 Å². The minimum atomic E-state index is -0.725. The lowest BCUT2D eigenvalue weighted by atomic mass is 9.88. The monoisotopic (exact) mass is 280 g/mol. The quantitative estimate of drug-likeness (QED) is 0.790. The van der Waals surface area contributed by atoms with Crippen molar-refractivity contribution in [3.05, 3.63) is 0 Å². The Morgan fingerprint density at radius 2 is 1.65 bits per heavy atom. The van der Waals surface area contributed by atoms with Gasteiger partial charge in [-0.3, -0.25) is 9.59 Å². The first-order valence-corrected chi connectivity index (χ1v) is 8.00. The standard InChI is InChI=1S/C16H28N2O2/c1-11(2)13-14(19)18(16(3,4)15(20)17-13)12-9-7-5-6-8-10-12/h11-13H,5-10H2,1-4H3,(H,17,20). The van der Waals surface area contributed by atoms with E-state index < -0.39 is 5.54 Å². The van der Waals surface area contributed by atoms with E-state index in [0.717, 1.165) is 12.8 Å². The molecule has 114 valence electrons. The minimum Gasteiger partial charge on any atom is -0.342 e. The van der Waals surface area contributed by atoms with E-state index >= 15 is 0 Å². The predicted octanol–water partition coefficient (Wildman–Crippen LogP) is 2.47. The Hall–Kier alpha value is -1.06. The van der Waals surface area contributed by atoms with E-state index in [4.69, 9.17) is 0 Å². The van der Waals surface area contributed by atoms with Gasteiger partial charge in [0.2, 0.25) is 11.8 Å². The molecule has 1 aliphatic heterocycles. The first-order chi connectivity index (χ1) is 9.35. The van der Waals surface area contributed by atoms with Gasteiger partial charge in [0.1, 0.15) is 11.6 Å². The van der Waals surface area contributed by atoms with Gasteiger partial charge in [0.05, 0.1) is 0 Å². The summed E-state index contributed by atoms with van der Waals surface area (Å²) in [7, 11) is 0. The van der Waals surface area contributed by atoms with Crippen LogP contribution in [-0.4, -0.2) is 34.3 Å². The van der Waals surface area contributed by atoms with E-state index in [1.807, 2.05) is 32.6 Å². The van der Waals surface area contributed by atoms with Gasteiger partial charge in [-0.2, -0.15) is 0 Å². The predicted molar refractivity (Wildman–Crippen MR) is 79.2 cm³/mol.